The number of nitrogens with one attached hydrogen (secondary N) is 2. The van der Waals surface area contributed by atoms with E-state index >= 15 is 0 Å². The van der Waals surface area contributed by atoms with Gasteiger partial charge in [0.1, 0.15) is 5.82 Å². The summed E-state index contributed by atoms with van der Waals surface area (Å²) in [5, 5.41) is 5.59. The van der Waals surface area contributed by atoms with Gasteiger partial charge in [0.15, 0.2) is 0 Å². The monoisotopic (exact) mass is 369 g/mol. The predicted molar refractivity (Wildman–Crippen MR) is 105 cm³/mol. The number of carbonyl (C=O) groups is 2. The Hall–Kier alpha value is -2.89. The lowest BCUT2D eigenvalue weighted by Crippen LogP contribution is -2.32. The van der Waals surface area contributed by atoms with E-state index in [1.807, 2.05) is 19.9 Å². The maximum absolute atomic E-state index is 13.8. The molecule has 5 nitrogen and oxygen atoms in total. The highest BCUT2D eigenvalue weighted by atomic mass is 19.1. The van der Waals surface area contributed by atoms with E-state index < -0.39 is 11.7 Å². The smallest absolute Gasteiger partial charge is 0.258 e. The molecule has 0 spiro atoms. The third kappa shape index (κ3) is 4.45. The van der Waals surface area contributed by atoms with Crippen LogP contribution < -0.4 is 15.5 Å². The Morgan fingerprint density at radius 3 is 2.37 bits per heavy atom. The molecular formula is C21H24FN3O2. The highest BCUT2D eigenvalue weighted by molar-refractivity contribution is 6.06. The summed E-state index contributed by atoms with van der Waals surface area (Å²) in [6, 6.07) is 11.1. The van der Waals surface area contributed by atoms with Crippen molar-refractivity contribution in [3.05, 3.63) is 59.4 Å². The lowest BCUT2D eigenvalue weighted by molar-refractivity contribution is 0.0942. The summed E-state index contributed by atoms with van der Waals surface area (Å²) in [5.74, 6) is -1.31. The van der Waals surface area contributed by atoms with Crippen LogP contribution in [0, 0.1) is 5.82 Å². The number of anilines is 2. The minimum absolute atomic E-state index is 0.000546. The van der Waals surface area contributed by atoms with Crippen molar-refractivity contribution >= 4 is 23.2 Å². The number of carbonyl (C=O) groups excluding carboxylic acids is 2. The minimum atomic E-state index is -0.582. The van der Waals surface area contributed by atoms with Gasteiger partial charge >= 0.3 is 0 Å². The maximum atomic E-state index is 13.8. The predicted octanol–water partition coefficient (Wildman–Crippen LogP) is 3.82. The second-order valence-corrected chi connectivity index (χ2v) is 6.99. The van der Waals surface area contributed by atoms with Gasteiger partial charge in [-0.05, 0) is 57.0 Å². The Balaban J connectivity index is 1.89. The third-order valence-electron chi connectivity index (χ3n) is 4.48. The number of hydrogen-bond acceptors (Lipinski definition) is 3. The summed E-state index contributed by atoms with van der Waals surface area (Å²) in [4.78, 5) is 27.2. The van der Waals surface area contributed by atoms with Crippen molar-refractivity contribution in [2.75, 3.05) is 23.3 Å². The van der Waals surface area contributed by atoms with E-state index in [1.54, 1.807) is 18.2 Å². The molecule has 0 atom stereocenters. The summed E-state index contributed by atoms with van der Waals surface area (Å²) in [7, 11) is 0. The average Bonchev–Trinajstić information content (AvgIpc) is 3.16. The lowest BCUT2D eigenvalue weighted by Gasteiger charge is -2.22. The number of hydrogen-bond donors (Lipinski definition) is 2. The molecule has 142 valence electrons. The molecule has 2 aromatic carbocycles. The van der Waals surface area contributed by atoms with Crippen LogP contribution in [-0.4, -0.2) is 30.9 Å². The van der Waals surface area contributed by atoms with Gasteiger partial charge in [-0.25, -0.2) is 4.39 Å². The topological polar surface area (TPSA) is 61.4 Å². The molecule has 3 rings (SSSR count). The molecule has 0 bridgehead atoms. The molecule has 2 aromatic rings. The van der Waals surface area contributed by atoms with E-state index in [0.717, 1.165) is 31.6 Å². The van der Waals surface area contributed by atoms with E-state index in [9.17, 15) is 14.0 Å². The van der Waals surface area contributed by atoms with Gasteiger partial charge in [0.2, 0.25) is 0 Å². The first-order valence-corrected chi connectivity index (χ1v) is 9.21. The van der Waals surface area contributed by atoms with Gasteiger partial charge in [-0.1, -0.05) is 12.1 Å². The first kappa shape index (κ1) is 18.9. The van der Waals surface area contributed by atoms with Crippen LogP contribution >= 0.6 is 0 Å². The van der Waals surface area contributed by atoms with Crippen molar-refractivity contribution in [1.29, 1.82) is 0 Å². The third-order valence-corrected chi connectivity index (χ3v) is 4.48. The fraction of sp³-hybridized carbons (Fsp3) is 0.333. The molecule has 27 heavy (non-hydrogen) atoms. The molecular weight excluding hydrogens is 345 g/mol. The zero-order valence-electron chi connectivity index (χ0n) is 15.6. The summed E-state index contributed by atoms with van der Waals surface area (Å²) in [6.07, 6.45) is 2.19. The number of benzene rings is 2. The molecule has 0 saturated carbocycles. The van der Waals surface area contributed by atoms with E-state index in [4.69, 9.17) is 0 Å². The number of amides is 2. The summed E-state index contributed by atoms with van der Waals surface area (Å²) in [6.45, 7) is 5.61. The Labute approximate surface area is 158 Å². The Kier molecular flexibility index (Phi) is 5.74. The highest BCUT2D eigenvalue weighted by Gasteiger charge is 2.21. The molecule has 1 fully saturated rings. The molecule has 0 aliphatic carbocycles. The van der Waals surface area contributed by atoms with Crippen molar-refractivity contribution in [3.63, 3.8) is 0 Å². The summed E-state index contributed by atoms with van der Waals surface area (Å²) < 4.78 is 13.8. The maximum Gasteiger partial charge on any atom is 0.258 e. The Bertz CT molecular complexity index is 845. The van der Waals surface area contributed by atoms with Crippen LogP contribution in [0.25, 0.3) is 0 Å². The van der Waals surface area contributed by atoms with Crippen LogP contribution in [0.15, 0.2) is 42.5 Å². The first-order chi connectivity index (χ1) is 13.0. The number of rotatable bonds is 5. The minimum Gasteiger partial charge on any atom is -0.371 e. The van der Waals surface area contributed by atoms with Crippen molar-refractivity contribution in [1.82, 2.24) is 5.32 Å². The van der Waals surface area contributed by atoms with E-state index in [-0.39, 0.29) is 17.5 Å². The summed E-state index contributed by atoms with van der Waals surface area (Å²) in [5.41, 5.74) is 1.79. The molecule has 0 radical (unpaired) electrons. The summed E-state index contributed by atoms with van der Waals surface area (Å²) >= 11 is 0. The molecule has 0 unspecified atom stereocenters. The molecule has 1 heterocycles. The molecule has 1 aliphatic heterocycles. The van der Waals surface area contributed by atoms with Gasteiger partial charge in [0, 0.05) is 30.5 Å². The van der Waals surface area contributed by atoms with Crippen molar-refractivity contribution in [2.45, 2.75) is 32.7 Å². The average molecular weight is 369 g/mol. The van der Waals surface area contributed by atoms with E-state index in [2.05, 4.69) is 15.5 Å². The fourth-order valence-corrected chi connectivity index (χ4v) is 3.21. The van der Waals surface area contributed by atoms with E-state index in [1.165, 1.54) is 18.2 Å². The number of halogens is 1. The number of nitrogens with zero attached hydrogens (tertiary/aromatic N) is 1. The first-order valence-electron chi connectivity index (χ1n) is 9.21. The van der Waals surface area contributed by atoms with Crippen LogP contribution in [0.4, 0.5) is 15.8 Å². The Morgan fingerprint density at radius 1 is 1.00 bits per heavy atom. The van der Waals surface area contributed by atoms with E-state index in [0.29, 0.717) is 11.3 Å². The lowest BCUT2D eigenvalue weighted by atomic mass is 10.1. The zero-order chi connectivity index (χ0) is 19.4. The van der Waals surface area contributed by atoms with Crippen LogP contribution in [0.1, 0.15) is 47.4 Å². The van der Waals surface area contributed by atoms with Crippen molar-refractivity contribution < 1.29 is 14.0 Å². The molecule has 2 N–H and O–H groups in total. The van der Waals surface area contributed by atoms with Gasteiger partial charge in [-0.15, -0.1) is 0 Å². The zero-order valence-corrected chi connectivity index (χ0v) is 15.6. The normalized spacial score (nSPS) is 13.7. The van der Waals surface area contributed by atoms with Gasteiger partial charge in [-0.2, -0.15) is 0 Å². The Morgan fingerprint density at radius 2 is 1.70 bits per heavy atom. The fourth-order valence-electron chi connectivity index (χ4n) is 3.21. The molecule has 1 saturated heterocycles. The van der Waals surface area contributed by atoms with Gasteiger partial charge in [0.05, 0.1) is 11.1 Å². The second kappa shape index (κ2) is 8.20. The van der Waals surface area contributed by atoms with Crippen LogP contribution in [-0.2, 0) is 0 Å². The van der Waals surface area contributed by atoms with Crippen molar-refractivity contribution in [3.8, 4) is 0 Å². The van der Waals surface area contributed by atoms with Gasteiger partial charge in [-0.3, -0.25) is 9.59 Å². The largest absolute Gasteiger partial charge is 0.371 e. The SMILES string of the molecule is CC(C)NC(=O)c1cc(NC(=O)c2ccccc2F)ccc1N1CCCC1. The van der Waals surface area contributed by atoms with Crippen molar-refractivity contribution in [2.24, 2.45) is 0 Å². The van der Waals surface area contributed by atoms with Gasteiger partial charge < -0.3 is 15.5 Å². The van der Waals surface area contributed by atoms with Crippen LogP contribution in [0.2, 0.25) is 0 Å². The van der Waals surface area contributed by atoms with Gasteiger partial charge in [0.25, 0.3) is 11.8 Å². The van der Waals surface area contributed by atoms with Crippen LogP contribution in [0.3, 0.4) is 0 Å². The molecule has 2 amide bonds. The molecule has 6 heteroatoms. The second-order valence-electron chi connectivity index (χ2n) is 6.99. The quantitative estimate of drug-likeness (QED) is 0.842. The highest BCUT2D eigenvalue weighted by Crippen LogP contribution is 2.28. The standard InChI is InChI=1S/C21H24FN3O2/c1-14(2)23-21(27)17-13-15(9-10-19(17)25-11-5-6-12-25)24-20(26)16-7-3-4-8-18(16)22/h3-4,7-10,13-14H,5-6,11-12H2,1-2H3,(H,23,27)(H,24,26). The molecule has 1 aliphatic rings. The van der Waals surface area contributed by atoms with Crippen LogP contribution in [0.5, 0.6) is 0 Å². The molecule has 0 aromatic heterocycles.